The summed E-state index contributed by atoms with van der Waals surface area (Å²) in [4.78, 5) is 18.9. The Kier molecular flexibility index (Phi) is 5.74. The molecule has 1 aliphatic heterocycles. The molecule has 1 amide bonds. The normalized spacial score (nSPS) is 26.2. The standard InChI is InChI=1S/C20H32N4O3S/c1-20(2,3)9-16(21)19(25)23-17-7-5-13-11-24(12-15(13)17)14-6-8-18(22-10-14)28(4,26)27/h6,8,10,13,15-17H,5,7,9,11-12,21H2,1-4H3,(H,23,25)/t13-,15+,16+,17+/m1/s1. The Morgan fingerprint density at radius 3 is 2.61 bits per heavy atom. The number of hydrogen-bond donors (Lipinski definition) is 2. The molecule has 28 heavy (non-hydrogen) atoms. The van der Waals surface area contributed by atoms with Gasteiger partial charge in [-0.15, -0.1) is 0 Å². The van der Waals surface area contributed by atoms with Gasteiger partial charge in [-0.1, -0.05) is 20.8 Å². The van der Waals surface area contributed by atoms with Crippen molar-refractivity contribution in [3.8, 4) is 0 Å². The van der Waals surface area contributed by atoms with Crippen molar-refractivity contribution in [1.29, 1.82) is 0 Å². The van der Waals surface area contributed by atoms with Crippen LogP contribution in [0.5, 0.6) is 0 Å². The van der Waals surface area contributed by atoms with E-state index in [4.69, 9.17) is 5.73 Å². The number of pyridine rings is 1. The molecule has 4 atom stereocenters. The van der Waals surface area contributed by atoms with Crippen LogP contribution in [0.15, 0.2) is 23.4 Å². The van der Waals surface area contributed by atoms with E-state index in [-0.39, 0.29) is 22.4 Å². The molecule has 1 saturated heterocycles. The highest BCUT2D eigenvalue weighted by molar-refractivity contribution is 7.90. The highest BCUT2D eigenvalue weighted by Crippen LogP contribution is 2.40. The van der Waals surface area contributed by atoms with Crippen LogP contribution in [0.1, 0.15) is 40.0 Å². The number of amides is 1. The summed E-state index contributed by atoms with van der Waals surface area (Å²) >= 11 is 0. The molecular formula is C20H32N4O3S. The number of nitrogens with one attached hydrogen (secondary N) is 1. The topological polar surface area (TPSA) is 105 Å². The van der Waals surface area contributed by atoms with Gasteiger partial charge in [0.05, 0.1) is 17.9 Å². The molecule has 0 bridgehead atoms. The third kappa shape index (κ3) is 4.84. The van der Waals surface area contributed by atoms with Gasteiger partial charge in [-0.2, -0.15) is 0 Å². The van der Waals surface area contributed by atoms with Crippen LogP contribution in [0.3, 0.4) is 0 Å². The predicted octanol–water partition coefficient (Wildman–Crippen LogP) is 1.58. The molecule has 0 aromatic carbocycles. The van der Waals surface area contributed by atoms with Crippen molar-refractivity contribution in [1.82, 2.24) is 10.3 Å². The van der Waals surface area contributed by atoms with E-state index < -0.39 is 15.9 Å². The molecule has 2 aliphatic rings. The summed E-state index contributed by atoms with van der Waals surface area (Å²) in [6.07, 6.45) is 5.51. The first-order chi connectivity index (χ1) is 12.9. The van der Waals surface area contributed by atoms with Gasteiger partial charge in [-0.3, -0.25) is 4.79 Å². The molecule has 1 aromatic rings. The summed E-state index contributed by atoms with van der Waals surface area (Å²) in [5, 5.41) is 3.28. The number of hydrogen-bond acceptors (Lipinski definition) is 6. The zero-order valence-corrected chi connectivity index (χ0v) is 18.0. The molecule has 156 valence electrons. The zero-order valence-electron chi connectivity index (χ0n) is 17.2. The van der Waals surface area contributed by atoms with Crippen LogP contribution in [-0.2, 0) is 14.6 Å². The maximum absolute atomic E-state index is 12.5. The largest absolute Gasteiger partial charge is 0.370 e. The number of anilines is 1. The monoisotopic (exact) mass is 408 g/mol. The van der Waals surface area contributed by atoms with Crippen molar-refractivity contribution < 1.29 is 13.2 Å². The van der Waals surface area contributed by atoms with Crippen LogP contribution in [-0.4, -0.2) is 50.7 Å². The summed E-state index contributed by atoms with van der Waals surface area (Å²) in [6, 6.07) is 3.04. The van der Waals surface area contributed by atoms with Gasteiger partial charge in [0.15, 0.2) is 14.9 Å². The van der Waals surface area contributed by atoms with E-state index in [1.54, 1.807) is 12.3 Å². The van der Waals surface area contributed by atoms with Gasteiger partial charge in [0, 0.05) is 31.3 Å². The number of rotatable bonds is 5. The van der Waals surface area contributed by atoms with Gasteiger partial charge >= 0.3 is 0 Å². The van der Waals surface area contributed by atoms with Crippen molar-refractivity contribution in [2.45, 2.75) is 57.1 Å². The summed E-state index contributed by atoms with van der Waals surface area (Å²) in [7, 11) is -3.29. The number of aromatic nitrogens is 1. The molecule has 3 rings (SSSR count). The Hall–Kier alpha value is -1.67. The van der Waals surface area contributed by atoms with E-state index in [0.717, 1.165) is 37.9 Å². The minimum atomic E-state index is -3.29. The molecule has 8 heteroatoms. The lowest BCUT2D eigenvalue weighted by molar-refractivity contribution is -0.123. The number of carbonyl (C=O) groups is 1. The van der Waals surface area contributed by atoms with Crippen LogP contribution in [0.2, 0.25) is 0 Å². The van der Waals surface area contributed by atoms with Crippen molar-refractivity contribution in [2.24, 2.45) is 23.0 Å². The minimum absolute atomic E-state index is 0.0181. The fourth-order valence-electron chi connectivity index (χ4n) is 4.48. The lowest BCUT2D eigenvalue weighted by atomic mass is 9.88. The first-order valence-electron chi connectivity index (χ1n) is 9.91. The van der Waals surface area contributed by atoms with Crippen LogP contribution in [0.4, 0.5) is 5.69 Å². The molecule has 0 radical (unpaired) electrons. The van der Waals surface area contributed by atoms with Gasteiger partial charge in [-0.25, -0.2) is 13.4 Å². The van der Waals surface area contributed by atoms with E-state index in [1.165, 1.54) is 0 Å². The first-order valence-corrected chi connectivity index (χ1v) is 11.8. The molecular weight excluding hydrogens is 376 g/mol. The average Bonchev–Trinajstić information content (AvgIpc) is 3.14. The lowest BCUT2D eigenvalue weighted by Crippen LogP contribution is -2.48. The average molecular weight is 409 g/mol. The summed E-state index contributed by atoms with van der Waals surface area (Å²) in [5.74, 6) is 0.859. The van der Waals surface area contributed by atoms with Gasteiger partial charge in [0.2, 0.25) is 5.91 Å². The third-order valence-electron chi connectivity index (χ3n) is 5.82. The number of nitrogens with zero attached hydrogens (tertiary/aromatic N) is 2. The number of sulfone groups is 1. The molecule has 2 fully saturated rings. The Morgan fingerprint density at radius 2 is 2.04 bits per heavy atom. The SMILES string of the molecule is CC(C)(C)C[C@H](N)C(=O)N[C@H]1CC[C@@H]2CN(c3ccc(S(C)(=O)=O)nc3)C[C@@H]21. The minimum Gasteiger partial charge on any atom is -0.370 e. The van der Waals surface area contributed by atoms with Crippen molar-refractivity contribution in [3.63, 3.8) is 0 Å². The van der Waals surface area contributed by atoms with Crippen molar-refractivity contribution in [3.05, 3.63) is 18.3 Å². The Labute approximate surface area is 168 Å². The molecule has 1 aliphatic carbocycles. The maximum Gasteiger partial charge on any atom is 0.237 e. The van der Waals surface area contributed by atoms with Crippen LogP contribution >= 0.6 is 0 Å². The van der Waals surface area contributed by atoms with Gasteiger partial charge < -0.3 is 16.0 Å². The van der Waals surface area contributed by atoms with Crippen LogP contribution in [0, 0.1) is 17.3 Å². The molecule has 1 aromatic heterocycles. The van der Waals surface area contributed by atoms with E-state index in [9.17, 15) is 13.2 Å². The molecule has 3 N–H and O–H groups in total. The Morgan fingerprint density at radius 1 is 1.32 bits per heavy atom. The smallest absolute Gasteiger partial charge is 0.237 e. The Bertz CT molecular complexity index is 817. The van der Waals surface area contributed by atoms with E-state index in [1.807, 2.05) is 6.07 Å². The molecule has 7 nitrogen and oxygen atoms in total. The summed E-state index contributed by atoms with van der Waals surface area (Å²) in [6.45, 7) is 8.01. The van der Waals surface area contributed by atoms with Gasteiger partial charge in [-0.05, 0) is 42.7 Å². The van der Waals surface area contributed by atoms with Crippen LogP contribution in [0.25, 0.3) is 0 Å². The second-order valence-corrected chi connectivity index (χ2v) is 11.5. The third-order valence-corrected chi connectivity index (χ3v) is 6.82. The summed E-state index contributed by atoms with van der Waals surface area (Å²) in [5.41, 5.74) is 7.05. The predicted molar refractivity (Wildman–Crippen MR) is 110 cm³/mol. The van der Waals surface area contributed by atoms with Crippen molar-refractivity contribution in [2.75, 3.05) is 24.2 Å². The van der Waals surface area contributed by atoms with E-state index in [0.29, 0.717) is 18.3 Å². The van der Waals surface area contributed by atoms with Crippen molar-refractivity contribution >= 4 is 21.4 Å². The highest BCUT2D eigenvalue weighted by Gasteiger charge is 2.43. The summed E-state index contributed by atoms with van der Waals surface area (Å²) < 4.78 is 23.2. The molecule has 1 saturated carbocycles. The van der Waals surface area contributed by atoms with E-state index in [2.05, 4.69) is 36.0 Å². The van der Waals surface area contributed by atoms with Gasteiger partial charge in [0.1, 0.15) is 0 Å². The number of nitrogens with two attached hydrogens (primary N) is 1. The van der Waals surface area contributed by atoms with Gasteiger partial charge in [0.25, 0.3) is 0 Å². The second-order valence-electron chi connectivity index (χ2n) is 9.52. The molecule has 0 unspecified atom stereocenters. The van der Waals surface area contributed by atoms with E-state index >= 15 is 0 Å². The quantitative estimate of drug-likeness (QED) is 0.766. The zero-order chi connectivity index (χ0) is 20.7. The molecule has 0 spiro atoms. The number of fused-ring (bicyclic) bond motifs is 1. The first kappa shape index (κ1) is 21.0. The second kappa shape index (κ2) is 7.63. The highest BCUT2D eigenvalue weighted by atomic mass is 32.2. The fourth-order valence-corrected chi connectivity index (χ4v) is 5.04. The molecule has 2 heterocycles. The number of carbonyl (C=O) groups excluding carboxylic acids is 1. The lowest BCUT2D eigenvalue weighted by Gasteiger charge is -2.26. The van der Waals surface area contributed by atoms with Crippen LogP contribution < -0.4 is 16.0 Å². The maximum atomic E-state index is 12.5. The Balaban J connectivity index is 1.61. The fraction of sp³-hybridized carbons (Fsp3) is 0.700.